The number of carbonyl (C=O) groups excluding carboxylic acids is 1. The van der Waals surface area contributed by atoms with Crippen molar-refractivity contribution < 1.29 is 9.53 Å². The Morgan fingerprint density at radius 2 is 2.20 bits per heavy atom. The predicted octanol–water partition coefficient (Wildman–Crippen LogP) is 0.0131. The minimum atomic E-state index is 0.0159. The van der Waals surface area contributed by atoms with Gasteiger partial charge in [-0.25, -0.2) is 4.79 Å². The van der Waals surface area contributed by atoms with Crippen LogP contribution in [0.1, 0.15) is 13.3 Å². The molecule has 88 valence electrons. The molecule has 1 aliphatic heterocycles. The quantitative estimate of drug-likeness (QED) is 0.694. The molecule has 5 nitrogen and oxygen atoms in total. The summed E-state index contributed by atoms with van der Waals surface area (Å²) in [5.74, 6) is 0.444. The van der Waals surface area contributed by atoms with E-state index in [0.29, 0.717) is 45.3 Å². The molecule has 0 saturated carbocycles. The number of hydrogen-bond donors (Lipinski definition) is 2. The summed E-state index contributed by atoms with van der Waals surface area (Å²) < 4.78 is 5.18. The van der Waals surface area contributed by atoms with Gasteiger partial charge in [-0.3, -0.25) is 0 Å². The number of ether oxygens (including phenoxy) is 1. The highest BCUT2D eigenvalue weighted by Gasteiger charge is 2.16. The Balaban J connectivity index is 2.16. The van der Waals surface area contributed by atoms with Gasteiger partial charge in [-0.2, -0.15) is 0 Å². The summed E-state index contributed by atoms with van der Waals surface area (Å²) in [6, 6.07) is 0.0159. The number of carbonyl (C=O) groups is 1. The molecule has 0 aromatic carbocycles. The van der Waals surface area contributed by atoms with E-state index in [9.17, 15) is 4.79 Å². The van der Waals surface area contributed by atoms with Crippen LogP contribution in [0.2, 0.25) is 0 Å². The summed E-state index contributed by atoms with van der Waals surface area (Å²) in [5.41, 5.74) is 5.44. The average molecular weight is 215 g/mol. The number of nitrogens with one attached hydrogen (secondary N) is 1. The number of amides is 2. The van der Waals surface area contributed by atoms with Gasteiger partial charge in [0.05, 0.1) is 13.2 Å². The lowest BCUT2D eigenvalue weighted by atomic mass is 10.1. The zero-order valence-corrected chi connectivity index (χ0v) is 9.37. The molecule has 1 aliphatic rings. The van der Waals surface area contributed by atoms with Crippen molar-refractivity contribution in [2.75, 3.05) is 39.4 Å². The maximum absolute atomic E-state index is 11.6. The van der Waals surface area contributed by atoms with Gasteiger partial charge in [-0.15, -0.1) is 0 Å². The van der Waals surface area contributed by atoms with Crippen molar-refractivity contribution in [2.45, 2.75) is 13.3 Å². The van der Waals surface area contributed by atoms with Crippen molar-refractivity contribution in [3.63, 3.8) is 0 Å². The molecule has 15 heavy (non-hydrogen) atoms. The second-order valence-electron chi connectivity index (χ2n) is 3.97. The van der Waals surface area contributed by atoms with Crippen LogP contribution < -0.4 is 11.1 Å². The Bertz CT molecular complexity index is 193. The first-order chi connectivity index (χ1) is 7.24. The van der Waals surface area contributed by atoms with E-state index in [2.05, 4.69) is 12.2 Å². The molecule has 1 atom stereocenters. The summed E-state index contributed by atoms with van der Waals surface area (Å²) in [7, 11) is 0. The fraction of sp³-hybridized carbons (Fsp3) is 0.900. The minimum absolute atomic E-state index is 0.0159. The predicted molar refractivity (Wildman–Crippen MR) is 58.6 cm³/mol. The third kappa shape index (κ3) is 4.48. The summed E-state index contributed by atoms with van der Waals surface area (Å²) in [4.78, 5) is 13.4. The van der Waals surface area contributed by atoms with Crippen LogP contribution in [0.4, 0.5) is 4.79 Å². The molecule has 1 unspecified atom stereocenters. The molecule has 1 fully saturated rings. The van der Waals surface area contributed by atoms with Crippen molar-refractivity contribution >= 4 is 6.03 Å². The first-order valence-electron chi connectivity index (χ1n) is 5.54. The number of morpholine rings is 1. The third-order valence-corrected chi connectivity index (χ3v) is 2.56. The largest absolute Gasteiger partial charge is 0.378 e. The van der Waals surface area contributed by atoms with Crippen molar-refractivity contribution in [1.29, 1.82) is 0 Å². The topological polar surface area (TPSA) is 67.6 Å². The highest BCUT2D eigenvalue weighted by molar-refractivity contribution is 5.74. The lowest BCUT2D eigenvalue weighted by Crippen LogP contribution is -2.47. The molecular weight excluding hydrogens is 194 g/mol. The molecule has 1 heterocycles. The van der Waals surface area contributed by atoms with Crippen LogP contribution in [0.15, 0.2) is 0 Å². The number of nitrogens with zero attached hydrogens (tertiary/aromatic N) is 1. The van der Waals surface area contributed by atoms with Crippen molar-refractivity contribution in [1.82, 2.24) is 10.2 Å². The van der Waals surface area contributed by atoms with E-state index in [4.69, 9.17) is 10.5 Å². The van der Waals surface area contributed by atoms with Gasteiger partial charge in [0.1, 0.15) is 0 Å². The molecule has 0 aromatic heterocycles. The lowest BCUT2D eigenvalue weighted by Gasteiger charge is -2.27. The smallest absolute Gasteiger partial charge is 0.317 e. The van der Waals surface area contributed by atoms with Crippen LogP contribution >= 0.6 is 0 Å². The number of urea groups is 1. The summed E-state index contributed by atoms with van der Waals surface area (Å²) >= 11 is 0. The molecule has 0 aliphatic carbocycles. The SMILES string of the molecule is CC(CCN)CNC(=O)N1CCOCC1. The molecule has 0 radical (unpaired) electrons. The zero-order chi connectivity index (χ0) is 11.1. The Morgan fingerprint density at radius 3 is 2.80 bits per heavy atom. The van der Waals surface area contributed by atoms with Crippen LogP contribution in [-0.2, 0) is 4.74 Å². The Hall–Kier alpha value is -0.810. The van der Waals surface area contributed by atoms with Gasteiger partial charge >= 0.3 is 6.03 Å². The van der Waals surface area contributed by atoms with Crippen molar-refractivity contribution in [3.05, 3.63) is 0 Å². The molecule has 0 bridgehead atoms. The second-order valence-corrected chi connectivity index (χ2v) is 3.97. The Morgan fingerprint density at radius 1 is 1.53 bits per heavy atom. The van der Waals surface area contributed by atoms with E-state index in [0.717, 1.165) is 6.42 Å². The van der Waals surface area contributed by atoms with Crippen LogP contribution in [0.5, 0.6) is 0 Å². The minimum Gasteiger partial charge on any atom is -0.378 e. The molecule has 1 saturated heterocycles. The van der Waals surface area contributed by atoms with Gasteiger partial charge in [0.15, 0.2) is 0 Å². The first-order valence-corrected chi connectivity index (χ1v) is 5.54. The van der Waals surface area contributed by atoms with Crippen LogP contribution in [-0.4, -0.2) is 50.3 Å². The second kappa shape index (κ2) is 6.63. The summed E-state index contributed by atoms with van der Waals surface area (Å²) in [6.07, 6.45) is 0.948. The number of nitrogens with two attached hydrogens (primary N) is 1. The van der Waals surface area contributed by atoms with E-state index in [1.807, 2.05) is 0 Å². The lowest BCUT2D eigenvalue weighted by molar-refractivity contribution is 0.0530. The normalized spacial score (nSPS) is 18.7. The van der Waals surface area contributed by atoms with Crippen LogP contribution in [0, 0.1) is 5.92 Å². The van der Waals surface area contributed by atoms with E-state index in [-0.39, 0.29) is 6.03 Å². The van der Waals surface area contributed by atoms with E-state index >= 15 is 0 Å². The van der Waals surface area contributed by atoms with Gasteiger partial charge in [-0.05, 0) is 18.9 Å². The standard InChI is InChI=1S/C10H21N3O2/c1-9(2-3-11)8-12-10(14)13-4-6-15-7-5-13/h9H,2-8,11H2,1H3,(H,12,14). The average Bonchev–Trinajstić information content (AvgIpc) is 2.27. The molecular formula is C10H21N3O2. The van der Waals surface area contributed by atoms with Gasteiger partial charge in [0.2, 0.25) is 0 Å². The highest BCUT2D eigenvalue weighted by atomic mass is 16.5. The van der Waals surface area contributed by atoms with Gasteiger partial charge in [-0.1, -0.05) is 6.92 Å². The summed E-state index contributed by atoms with van der Waals surface area (Å²) in [5, 5.41) is 2.91. The van der Waals surface area contributed by atoms with Crippen LogP contribution in [0.25, 0.3) is 0 Å². The van der Waals surface area contributed by atoms with E-state index in [1.54, 1.807) is 4.90 Å². The van der Waals surface area contributed by atoms with E-state index in [1.165, 1.54) is 0 Å². The van der Waals surface area contributed by atoms with Gasteiger partial charge < -0.3 is 20.7 Å². The fourth-order valence-corrected chi connectivity index (χ4v) is 1.53. The zero-order valence-electron chi connectivity index (χ0n) is 9.37. The maximum atomic E-state index is 11.6. The molecule has 3 N–H and O–H groups in total. The number of hydrogen-bond acceptors (Lipinski definition) is 3. The third-order valence-electron chi connectivity index (χ3n) is 2.56. The molecule has 2 amide bonds. The Kier molecular flexibility index (Phi) is 5.42. The molecule has 5 heteroatoms. The van der Waals surface area contributed by atoms with Crippen molar-refractivity contribution in [3.8, 4) is 0 Å². The molecule has 0 aromatic rings. The first kappa shape index (κ1) is 12.3. The molecule has 0 spiro atoms. The number of rotatable bonds is 4. The fourth-order valence-electron chi connectivity index (χ4n) is 1.53. The molecule has 1 rings (SSSR count). The highest BCUT2D eigenvalue weighted by Crippen LogP contribution is 2.00. The van der Waals surface area contributed by atoms with E-state index < -0.39 is 0 Å². The summed E-state index contributed by atoms with van der Waals surface area (Å²) in [6.45, 7) is 6.14. The Labute approximate surface area is 90.9 Å². The van der Waals surface area contributed by atoms with Gasteiger partial charge in [0, 0.05) is 19.6 Å². The van der Waals surface area contributed by atoms with Crippen LogP contribution in [0.3, 0.4) is 0 Å². The monoisotopic (exact) mass is 215 g/mol. The van der Waals surface area contributed by atoms with Crippen molar-refractivity contribution in [2.24, 2.45) is 11.7 Å². The maximum Gasteiger partial charge on any atom is 0.317 e. The van der Waals surface area contributed by atoms with Gasteiger partial charge in [0.25, 0.3) is 0 Å².